The van der Waals surface area contributed by atoms with Crippen molar-refractivity contribution >= 4 is 38.7 Å². The van der Waals surface area contributed by atoms with E-state index in [4.69, 9.17) is 11.6 Å². The van der Waals surface area contributed by atoms with Crippen molar-refractivity contribution in [2.24, 2.45) is 0 Å². The Kier molecular flexibility index (Phi) is 3.53. The van der Waals surface area contributed by atoms with E-state index in [2.05, 4.69) is 36.5 Å². The third-order valence-corrected chi connectivity index (χ3v) is 4.00. The molecule has 0 aliphatic rings. The number of hydrogen-bond donors (Lipinski definition) is 0. The minimum Gasteiger partial charge on any atom is -0.307 e. The van der Waals surface area contributed by atoms with Crippen LogP contribution in [0.2, 0.25) is 0 Å². The highest BCUT2D eigenvalue weighted by atomic mass is 79.9. The van der Waals surface area contributed by atoms with Crippen LogP contribution in [0.1, 0.15) is 11.4 Å². The lowest BCUT2D eigenvalue weighted by Gasteiger charge is -2.08. The second-order valence-corrected chi connectivity index (χ2v) is 5.31. The van der Waals surface area contributed by atoms with Gasteiger partial charge < -0.3 is 4.57 Å². The Bertz CT molecular complexity index is 724. The van der Waals surface area contributed by atoms with Crippen LogP contribution in [0.4, 0.5) is 0 Å². The quantitative estimate of drug-likeness (QED) is 0.677. The molecule has 0 radical (unpaired) electrons. The number of halogens is 2. The van der Waals surface area contributed by atoms with Crippen LogP contribution in [-0.2, 0) is 12.4 Å². The van der Waals surface area contributed by atoms with Crippen LogP contribution in [-0.4, -0.2) is 14.5 Å². The van der Waals surface area contributed by atoms with Gasteiger partial charge in [-0.1, -0.05) is 34.1 Å². The fourth-order valence-electron chi connectivity index (χ4n) is 2.07. The lowest BCUT2D eigenvalue weighted by Crippen LogP contribution is -2.05. The van der Waals surface area contributed by atoms with Gasteiger partial charge in [0.1, 0.15) is 11.3 Å². The van der Waals surface area contributed by atoms with Gasteiger partial charge in [-0.25, -0.2) is 9.97 Å². The molecule has 0 N–H and O–H groups in total. The largest absolute Gasteiger partial charge is 0.307 e. The molecule has 0 unspecified atom stereocenters. The second-order valence-electron chi connectivity index (χ2n) is 4.19. The molecule has 0 bridgehead atoms. The summed E-state index contributed by atoms with van der Waals surface area (Å²) in [5.74, 6) is 1.21. The SMILES string of the molecule is ClCc1nc2cccnc2n1Cc1ccccc1Br. The first-order chi connectivity index (χ1) is 9.29. The highest BCUT2D eigenvalue weighted by Crippen LogP contribution is 2.21. The van der Waals surface area contributed by atoms with E-state index in [0.717, 1.165) is 21.5 Å². The van der Waals surface area contributed by atoms with E-state index in [0.29, 0.717) is 12.4 Å². The molecule has 5 heteroatoms. The van der Waals surface area contributed by atoms with Gasteiger partial charge in [-0.2, -0.15) is 0 Å². The number of imidazole rings is 1. The molecule has 3 rings (SSSR count). The Balaban J connectivity index is 2.12. The van der Waals surface area contributed by atoms with E-state index < -0.39 is 0 Å². The molecule has 96 valence electrons. The van der Waals surface area contributed by atoms with Gasteiger partial charge in [0.2, 0.25) is 0 Å². The Labute approximate surface area is 124 Å². The molecule has 2 heterocycles. The zero-order valence-electron chi connectivity index (χ0n) is 10.1. The van der Waals surface area contributed by atoms with Crippen molar-refractivity contribution in [3.63, 3.8) is 0 Å². The summed E-state index contributed by atoms with van der Waals surface area (Å²) in [6.07, 6.45) is 1.78. The third-order valence-electron chi connectivity index (χ3n) is 2.99. The number of nitrogens with zero attached hydrogens (tertiary/aromatic N) is 3. The summed E-state index contributed by atoms with van der Waals surface area (Å²) < 4.78 is 3.14. The summed E-state index contributed by atoms with van der Waals surface area (Å²) in [4.78, 5) is 8.91. The first-order valence-corrected chi connectivity index (χ1v) is 7.22. The summed E-state index contributed by atoms with van der Waals surface area (Å²) in [6, 6.07) is 12.0. The third kappa shape index (κ3) is 2.38. The molecule has 0 aliphatic carbocycles. The molecule has 0 atom stereocenters. The fourth-order valence-corrected chi connectivity index (χ4v) is 2.68. The zero-order chi connectivity index (χ0) is 13.2. The van der Waals surface area contributed by atoms with Gasteiger partial charge in [0.25, 0.3) is 0 Å². The van der Waals surface area contributed by atoms with Crippen LogP contribution in [0.5, 0.6) is 0 Å². The average molecular weight is 337 g/mol. The Morgan fingerprint density at radius 1 is 1.16 bits per heavy atom. The first kappa shape index (κ1) is 12.6. The summed E-state index contributed by atoms with van der Waals surface area (Å²) in [5.41, 5.74) is 2.93. The number of pyridine rings is 1. The minimum absolute atomic E-state index is 0.376. The Morgan fingerprint density at radius 2 is 2.00 bits per heavy atom. The topological polar surface area (TPSA) is 30.7 Å². The molecule has 0 amide bonds. The maximum Gasteiger partial charge on any atom is 0.160 e. The summed E-state index contributed by atoms with van der Waals surface area (Å²) in [6.45, 7) is 0.705. The van der Waals surface area contributed by atoms with E-state index in [-0.39, 0.29) is 0 Å². The molecular formula is C14H11BrClN3. The molecule has 0 aliphatic heterocycles. The highest BCUT2D eigenvalue weighted by Gasteiger charge is 2.11. The van der Waals surface area contributed by atoms with Gasteiger partial charge in [-0.3, -0.25) is 0 Å². The maximum atomic E-state index is 5.99. The van der Waals surface area contributed by atoms with Crippen LogP contribution in [0, 0.1) is 0 Å². The number of fused-ring (bicyclic) bond motifs is 1. The van der Waals surface area contributed by atoms with Crippen LogP contribution in [0.3, 0.4) is 0 Å². The Hall–Kier alpha value is -1.39. The summed E-state index contributed by atoms with van der Waals surface area (Å²) in [5, 5.41) is 0. The normalized spacial score (nSPS) is 11.1. The fraction of sp³-hybridized carbons (Fsp3) is 0.143. The van der Waals surface area contributed by atoms with Crippen molar-refractivity contribution in [3.8, 4) is 0 Å². The minimum atomic E-state index is 0.376. The van der Waals surface area contributed by atoms with Gasteiger partial charge in [0, 0.05) is 10.7 Å². The number of alkyl halides is 1. The Morgan fingerprint density at radius 3 is 2.79 bits per heavy atom. The van der Waals surface area contributed by atoms with Gasteiger partial charge >= 0.3 is 0 Å². The van der Waals surface area contributed by atoms with E-state index in [9.17, 15) is 0 Å². The molecule has 2 aromatic heterocycles. The predicted molar refractivity (Wildman–Crippen MR) is 80.3 cm³/mol. The van der Waals surface area contributed by atoms with Gasteiger partial charge in [0.15, 0.2) is 5.65 Å². The van der Waals surface area contributed by atoms with Crippen LogP contribution >= 0.6 is 27.5 Å². The molecule has 3 aromatic rings. The number of rotatable bonds is 3. The van der Waals surface area contributed by atoms with E-state index in [1.165, 1.54) is 5.56 Å². The molecule has 3 nitrogen and oxygen atoms in total. The van der Waals surface area contributed by atoms with Gasteiger partial charge in [0.05, 0.1) is 12.4 Å². The molecule has 0 spiro atoms. The zero-order valence-corrected chi connectivity index (χ0v) is 12.4. The van der Waals surface area contributed by atoms with Crippen LogP contribution in [0.25, 0.3) is 11.2 Å². The lowest BCUT2D eigenvalue weighted by atomic mass is 10.2. The van der Waals surface area contributed by atoms with Crippen molar-refractivity contribution < 1.29 is 0 Å². The van der Waals surface area contributed by atoms with E-state index in [1.807, 2.05) is 30.3 Å². The van der Waals surface area contributed by atoms with Crippen molar-refractivity contribution in [1.29, 1.82) is 0 Å². The monoisotopic (exact) mass is 335 g/mol. The van der Waals surface area contributed by atoms with Crippen molar-refractivity contribution in [3.05, 3.63) is 58.5 Å². The van der Waals surface area contributed by atoms with Crippen molar-refractivity contribution in [2.75, 3.05) is 0 Å². The molecule has 0 saturated heterocycles. The predicted octanol–water partition coefficient (Wildman–Crippen LogP) is 3.98. The molecule has 0 saturated carbocycles. The molecule has 0 fully saturated rings. The van der Waals surface area contributed by atoms with Crippen LogP contribution < -0.4 is 0 Å². The maximum absolute atomic E-state index is 5.99. The first-order valence-electron chi connectivity index (χ1n) is 5.89. The van der Waals surface area contributed by atoms with Crippen molar-refractivity contribution in [1.82, 2.24) is 14.5 Å². The summed E-state index contributed by atoms with van der Waals surface area (Å²) >= 11 is 9.55. The molecule has 19 heavy (non-hydrogen) atoms. The average Bonchev–Trinajstić information content (AvgIpc) is 2.79. The number of hydrogen-bond acceptors (Lipinski definition) is 2. The van der Waals surface area contributed by atoms with Gasteiger partial charge in [-0.05, 0) is 23.8 Å². The van der Waals surface area contributed by atoms with Crippen LogP contribution in [0.15, 0.2) is 47.1 Å². The lowest BCUT2D eigenvalue weighted by molar-refractivity contribution is 0.768. The smallest absolute Gasteiger partial charge is 0.160 e. The molecular weight excluding hydrogens is 326 g/mol. The number of aromatic nitrogens is 3. The standard InChI is InChI=1S/C14H11BrClN3/c15-11-5-2-1-4-10(11)9-19-13(8-16)18-12-6-3-7-17-14(12)19/h1-7H,8-9H2. The van der Waals surface area contributed by atoms with E-state index in [1.54, 1.807) is 6.20 Å². The van der Waals surface area contributed by atoms with Gasteiger partial charge in [-0.15, -0.1) is 11.6 Å². The number of benzene rings is 1. The molecule has 1 aromatic carbocycles. The van der Waals surface area contributed by atoms with Crippen molar-refractivity contribution in [2.45, 2.75) is 12.4 Å². The second kappa shape index (κ2) is 5.31. The van der Waals surface area contributed by atoms with E-state index >= 15 is 0 Å². The summed E-state index contributed by atoms with van der Waals surface area (Å²) in [7, 11) is 0. The highest BCUT2D eigenvalue weighted by molar-refractivity contribution is 9.10.